The molecule has 1 heterocycles. The highest BCUT2D eigenvalue weighted by molar-refractivity contribution is 6.30. The fourth-order valence-electron chi connectivity index (χ4n) is 2.31. The SMILES string of the molecule is O=C(COC(=O)CN1CCCC1=O)NCCc1cccc(Cl)c1. The summed E-state index contributed by atoms with van der Waals surface area (Å²) in [6, 6.07) is 7.39. The average molecular weight is 339 g/mol. The molecule has 0 saturated carbocycles. The summed E-state index contributed by atoms with van der Waals surface area (Å²) in [6.07, 6.45) is 1.87. The van der Waals surface area contributed by atoms with Gasteiger partial charge in [-0.3, -0.25) is 14.4 Å². The Morgan fingerprint density at radius 3 is 2.87 bits per heavy atom. The summed E-state index contributed by atoms with van der Waals surface area (Å²) in [4.78, 5) is 36.0. The average Bonchev–Trinajstić information content (AvgIpc) is 2.90. The summed E-state index contributed by atoms with van der Waals surface area (Å²) in [5, 5.41) is 3.32. The Bertz CT molecular complexity index is 591. The molecule has 1 aromatic carbocycles. The number of carbonyl (C=O) groups excluding carboxylic acids is 3. The third-order valence-electron chi connectivity index (χ3n) is 3.48. The van der Waals surface area contributed by atoms with E-state index >= 15 is 0 Å². The number of likely N-dealkylation sites (tertiary alicyclic amines) is 1. The summed E-state index contributed by atoms with van der Waals surface area (Å²) in [5.41, 5.74) is 1.02. The van der Waals surface area contributed by atoms with Crippen molar-refractivity contribution in [2.24, 2.45) is 0 Å². The number of esters is 1. The Morgan fingerprint density at radius 1 is 1.35 bits per heavy atom. The van der Waals surface area contributed by atoms with Crippen LogP contribution in [0.1, 0.15) is 18.4 Å². The molecule has 0 bridgehead atoms. The molecular weight excluding hydrogens is 320 g/mol. The van der Waals surface area contributed by atoms with Crippen LogP contribution in [-0.2, 0) is 25.5 Å². The second kappa shape index (κ2) is 8.53. The van der Waals surface area contributed by atoms with Crippen molar-refractivity contribution in [3.05, 3.63) is 34.9 Å². The van der Waals surface area contributed by atoms with E-state index in [1.165, 1.54) is 4.90 Å². The Labute approximate surface area is 139 Å². The number of halogens is 1. The predicted molar refractivity (Wildman–Crippen MR) is 84.9 cm³/mol. The van der Waals surface area contributed by atoms with Crippen molar-refractivity contribution in [1.82, 2.24) is 10.2 Å². The molecule has 0 unspecified atom stereocenters. The molecule has 1 saturated heterocycles. The van der Waals surface area contributed by atoms with E-state index in [1.807, 2.05) is 18.2 Å². The molecule has 1 aliphatic rings. The zero-order valence-corrected chi connectivity index (χ0v) is 13.5. The monoisotopic (exact) mass is 338 g/mol. The number of rotatable bonds is 7. The second-order valence-electron chi connectivity index (χ2n) is 5.31. The Hall–Kier alpha value is -2.08. The summed E-state index contributed by atoms with van der Waals surface area (Å²) in [5.74, 6) is -0.980. The lowest BCUT2D eigenvalue weighted by Crippen LogP contribution is -2.35. The van der Waals surface area contributed by atoms with E-state index in [0.717, 1.165) is 12.0 Å². The van der Waals surface area contributed by atoms with Gasteiger partial charge in [0, 0.05) is 24.5 Å². The minimum Gasteiger partial charge on any atom is -0.454 e. The van der Waals surface area contributed by atoms with Crippen molar-refractivity contribution in [3.63, 3.8) is 0 Å². The number of ether oxygens (including phenoxy) is 1. The van der Waals surface area contributed by atoms with E-state index in [4.69, 9.17) is 16.3 Å². The minimum absolute atomic E-state index is 0.0482. The van der Waals surface area contributed by atoms with Gasteiger partial charge in [0.2, 0.25) is 5.91 Å². The number of nitrogens with zero attached hydrogens (tertiary/aromatic N) is 1. The van der Waals surface area contributed by atoms with Crippen LogP contribution in [-0.4, -0.2) is 48.9 Å². The largest absolute Gasteiger partial charge is 0.454 e. The number of amides is 2. The molecule has 1 aliphatic heterocycles. The Kier molecular flexibility index (Phi) is 6.40. The van der Waals surface area contributed by atoms with Gasteiger partial charge >= 0.3 is 5.97 Å². The molecule has 6 nitrogen and oxygen atoms in total. The first-order chi connectivity index (χ1) is 11.0. The van der Waals surface area contributed by atoms with Gasteiger partial charge in [0.25, 0.3) is 5.91 Å². The topological polar surface area (TPSA) is 75.7 Å². The van der Waals surface area contributed by atoms with Gasteiger partial charge in [0.15, 0.2) is 6.61 Å². The molecule has 2 amide bonds. The molecule has 1 fully saturated rings. The Morgan fingerprint density at radius 2 is 2.17 bits per heavy atom. The maximum absolute atomic E-state index is 11.6. The molecule has 1 N–H and O–H groups in total. The van der Waals surface area contributed by atoms with Crippen LogP contribution in [0.4, 0.5) is 0 Å². The van der Waals surface area contributed by atoms with Gasteiger partial charge in [-0.05, 0) is 30.5 Å². The molecule has 23 heavy (non-hydrogen) atoms. The summed E-state index contributed by atoms with van der Waals surface area (Å²) in [7, 11) is 0. The van der Waals surface area contributed by atoms with Gasteiger partial charge in [-0.2, -0.15) is 0 Å². The summed E-state index contributed by atoms with van der Waals surface area (Å²) in [6.45, 7) is 0.576. The van der Waals surface area contributed by atoms with Crippen molar-refractivity contribution >= 4 is 29.4 Å². The van der Waals surface area contributed by atoms with Gasteiger partial charge in [0.05, 0.1) is 0 Å². The molecule has 0 atom stereocenters. The predicted octanol–water partition coefficient (Wildman–Crippen LogP) is 1.16. The molecular formula is C16H19ClN2O4. The van der Waals surface area contributed by atoms with E-state index in [2.05, 4.69) is 5.32 Å². The van der Waals surface area contributed by atoms with Gasteiger partial charge in [-0.25, -0.2) is 0 Å². The molecule has 0 spiro atoms. The fourth-order valence-corrected chi connectivity index (χ4v) is 2.52. The Balaban J connectivity index is 1.61. The number of carbonyl (C=O) groups is 3. The minimum atomic E-state index is -0.565. The van der Waals surface area contributed by atoms with Crippen LogP contribution < -0.4 is 5.32 Å². The van der Waals surface area contributed by atoms with Crippen molar-refractivity contribution in [3.8, 4) is 0 Å². The zero-order valence-electron chi connectivity index (χ0n) is 12.7. The van der Waals surface area contributed by atoms with E-state index in [0.29, 0.717) is 31.0 Å². The smallest absolute Gasteiger partial charge is 0.326 e. The van der Waals surface area contributed by atoms with Crippen LogP contribution in [0.15, 0.2) is 24.3 Å². The van der Waals surface area contributed by atoms with Crippen molar-refractivity contribution in [2.75, 3.05) is 26.2 Å². The zero-order chi connectivity index (χ0) is 16.7. The highest BCUT2D eigenvalue weighted by atomic mass is 35.5. The van der Waals surface area contributed by atoms with Gasteiger partial charge in [-0.15, -0.1) is 0 Å². The van der Waals surface area contributed by atoms with E-state index < -0.39 is 5.97 Å². The lowest BCUT2D eigenvalue weighted by atomic mass is 10.1. The molecule has 0 radical (unpaired) electrons. The highest BCUT2D eigenvalue weighted by Crippen LogP contribution is 2.10. The van der Waals surface area contributed by atoms with Gasteiger partial charge in [0.1, 0.15) is 6.54 Å². The first kappa shape index (κ1) is 17.3. The quantitative estimate of drug-likeness (QED) is 0.757. The number of nitrogens with one attached hydrogen (secondary N) is 1. The van der Waals surface area contributed by atoms with Crippen molar-refractivity contribution in [2.45, 2.75) is 19.3 Å². The van der Waals surface area contributed by atoms with Crippen LogP contribution in [0.3, 0.4) is 0 Å². The fraction of sp³-hybridized carbons (Fsp3) is 0.438. The van der Waals surface area contributed by atoms with Crippen LogP contribution in [0, 0.1) is 0 Å². The van der Waals surface area contributed by atoms with E-state index in [9.17, 15) is 14.4 Å². The molecule has 0 aromatic heterocycles. The lowest BCUT2D eigenvalue weighted by Gasteiger charge is -2.14. The number of hydrogen-bond donors (Lipinski definition) is 1. The van der Waals surface area contributed by atoms with Gasteiger partial charge < -0.3 is 15.0 Å². The second-order valence-corrected chi connectivity index (χ2v) is 5.75. The third kappa shape index (κ3) is 5.90. The molecule has 0 aliphatic carbocycles. The molecule has 1 aromatic rings. The molecule has 7 heteroatoms. The summed E-state index contributed by atoms with van der Waals surface area (Å²) >= 11 is 5.88. The van der Waals surface area contributed by atoms with Crippen LogP contribution in [0.2, 0.25) is 5.02 Å². The highest BCUT2D eigenvalue weighted by Gasteiger charge is 2.23. The van der Waals surface area contributed by atoms with Crippen LogP contribution >= 0.6 is 11.6 Å². The normalized spacial score (nSPS) is 14.0. The van der Waals surface area contributed by atoms with Gasteiger partial charge in [-0.1, -0.05) is 23.7 Å². The van der Waals surface area contributed by atoms with Crippen molar-refractivity contribution in [1.29, 1.82) is 0 Å². The lowest BCUT2D eigenvalue weighted by molar-refractivity contribution is -0.151. The third-order valence-corrected chi connectivity index (χ3v) is 3.72. The van der Waals surface area contributed by atoms with E-state index in [1.54, 1.807) is 6.07 Å². The number of benzene rings is 1. The van der Waals surface area contributed by atoms with Crippen molar-refractivity contribution < 1.29 is 19.1 Å². The summed E-state index contributed by atoms with van der Waals surface area (Å²) < 4.78 is 4.87. The maximum Gasteiger partial charge on any atom is 0.326 e. The first-order valence-corrected chi connectivity index (χ1v) is 7.87. The molecule has 124 valence electrons. The van der Waals surface area contributed by atoms with Crippen LogP contribution in [0.25, 0.3) is 0 Å². The standard InChI is InChI=1S/C16H19ClN2O4/c17-13-4-1-3-12(9-13)6-7-18-14(20)11-23-16(22)10-19-8-2-5-15(19)21/h1,3-4,9H,2,5-8,10-11H2,(H,18,20). The van der Waals surface area contributed by atoms with E-state index in [-0.39, 0.29) is 25.0 Å². The molecule has 2 rings (SSSR count). The number of hydrogen-bond acceptors (Lipinski definition) is 4. The maximum atomic E-state index is 11.6. The first-order valence-electron chi connectivity index (χ1n) is 7.49. The van der Waals surface area contributed by atoms with Crippen LogP contribution in [0.5, 0.6) is 0 Å².